The zero-order chi connectivity index (χ0) is 19.8. The first-order chi connectivity index (χ1) is 13.4. The van der Waals surface area contributed by atoms with Crippen molar-refractivity contribution in [2.75, 3.05) is 13.1 Å². The zero-order valence-electron chi connectivity index (χ0n) is 15.6. The van der Waals surface area contributed by atoms with Crippen LogP contribution in [0.4, 0.5) is 8.78 Å². The predicted octanol–water partition coefficient (Wildman–Crippen LogP) is 3.69. The van der Waals surface area contributed by atoms with Crippen molar-refractivity contribution in [3.05, 3.63) is 65.7 Å². The first-order valence-electron chi connectivity index (χ1n) is 9.59. The molecule has 2 aliphatic rings. The van der Waals surface area contributed by atoms with Crippen LogP contribution in [0.5, 0.6) is 0 Å². The second kappa shape index (κ2) is 7.54. The van der Waals surface area contributed by atoms with Crippen LogP contribution in [0.15, 0.2) is 53.4 Å². The van der Waals surface area contributed by atoms with Gasteiger partial charge in [-0.2, -0.15) is 0 Å². The lowest BCUT2D eigenvalue weighted by Gasteiger charge is -2.52. The number of likely N-dealkylation sites (tertiary alicyclic amines) is 1. The Labute approximate surface area is 164 Å². The lowest BCUT2D eigenvalue weighted by Crippen LogP contribution is -2.54. The standard InChI is InChI=1S/C21H24F2N2O2S/c22-17-6-7-20(23)16(12-17)15-25-10-8-21(9-11-25)13-18(14-21)24-28(26,27)19-4-2-1-3-5-19/h1-7,12,18,24H,8-11,13-15H2. The molecule has 2 aromatic rings. The monoisotopic (exact) mass is 406 g/mol. The number of hydrogen-bond donors (Lipinski definition) is 1. The number of sulfonamides is 1. The van der Waals surface area contributed by atoms with E-state index in [4.69, 9.17) is 0 Å². The van der Waals surface area contributed by atoms with Crippen molar-refractivity contribution < 1.29 is 17.2 Å². The van der Waals surface area contributed by atoms with Crippen molar-refractivity contribution in [1.29, 1.82) is 0 Å². The molecule has 2 fully saturated rings. The Morgan fingerprint density at radius 2 is 1.71 bits per heavy atom. The van der Waals surface area contributed by atoms with Crippen LogP contribution in [0.25, 0.3) is 0 Å². The topological polar surface area (TPSA) is 49.4 Å². The summed E-state index contributed by atoms with van der Waals surface area (Å²) >= 11 is 0. The van der Waals surface area contributed by atoms with Crippen LogP contribution < -0.4 is 4.72 Å². The average molecular weight is 406 g/mol. The molecule has 1 heterocycles. The van der Waals surface area contributed by atoms with Gasteiger partial charge in [0.2, 0.25) is 10.0 Å². The van der Waals surface area contributed by atoms with Crippen LogP contribution in [0, 0.1) is 17.0 Å². The van der Waals surface area contributed by atoms with Crippen molar-refractivity contribution in [2.24, 2.45) is 5.41 Å². The predicted molar refractivity (Wildman–Crippen MR) is 103 cm³/mol. The Bertz CT molecular complexity index is 934. The summed E-state index contributed by atoms with van der Waals surface area (Å²) in [4.78, 5) is 2.44. The Balaban J connectivity index is 1.29. The van der Waals surface area contributed by atoms with E-state index >= 15 is 0 Å². The Hall–Kier alpha value is -1.83. The lowest BCUT2D eigenvalue weighted by atomic mass is 9.60. The summed E-state index contributed by atoms with van der Waals surface area (Å²) in [5, 5.41) is 0. The fourth-order valence-electron chi connectivity index (χ4n) is 4.46. The third-order valence-corrected chi connectivity index (χ3v) is 7.59. The highest BCUT2D eigenvalue weighted by Gasteiger charge is 2.46. The molecule has 28 heavy (non-hydrogen) atoms. The number of piperidine rings is 1. The van der Waals surface area contributed by atoms with Gasteiger partial charge in [0, 0.05) is 18.2 Å². The van der Waals surface area contributed by atoms with Gasteiger partial charge in [-0.15, -0.1) is 0 Å². The lowest BCUT2D eigenvalue weighted by molar-refractivity contribution is 0.0103. The molecule has 150 valence electrons. The summed E-state index contributed by atoms with van der Waals surface area (Å²) in [5.41, 5.74) is 0.555. The largest absolute Gasteiger partial charge is 0.299 e. The summed E-state index contributed by atoms with van der Waals surface area (Å²) in [5.74, 6) is -0.793. The van der Waals surface area contributed by atoms with E-state index in [-0.39, 0.29) is 17.3 Å². The van der Waals surface area contributed by atoms with E-state index in [2.05, 4.69) is 9.62 Å². The van der Waals surface area contributed by atoms with Gasteiger partial charge in [0.15, 0.2) is 0 Å². The zero-order valence-corrected chi connectivity index (χ0v) is 16.4. The Kier molecular flexibility index (Phi) is 5.24. The van der Waals surface area contributed by atoms with Crippen molar-refractivity contribution in [3.63, 3.8) is 0 Å². The SMILES string of the molecule is O=S(=O)(NC1CC2(CCN(Cc3cc(F)ccc3F)CC2)C1)c1ccccc1. The second-order valence-electron chi connectivity index (χ2n) is 8.05. The molecule has 1 spiro atoms. The van der Waals surface area contributed by atoms with Crippen LogP contribution >= 0.6 is 0 Å². The summed E-state index contributed by atoms with van der Waals surface area (Å²) in [6.45, 7) is 2.03. The van der Waals surface area contributed by atoms with Gasteiger partial charge in [-0.25, -0.2) is 21.9 Å². The molecule has 4 nitrogen and oxygen atoms in total. The molecule has 1 N–H and O–H groups in total. The van der Waals surface area contributed by atoms with Crippen molar-refractivity contribution >= 4 is 10.0 Å². The fourth-order valence-corrected chi connectivity index (χ4v) is 5.71. The van der Waals surface area contributed by atoms with Gasteiger partial charge >= 0.3 is 0 Å². The molecule has 0 atom stereocenters. The third kappa shape index (κ3) is 4.11. The highest BCUT2D eigenvalue weighted by Crippen LogP contribution is 2.49. The van der Waals surface area contributed by atoms with E-state index < -0.39 is 15.8 Å². The summed E-state index contributed by atoms with van der Waals surface area (Å²) < 4.78 is 54.9. The normalized spacial score (nSPS) is 20.2. The van der Waals surface area contributed by atoms with Gasteiger partial charge in [0.25, 0.3) is 0 Å². The van der Waals surface area contributed by atoms with Crippen LogP contribution in [-0.2, 0) is 16.6 Å². The van der Waals surface area contributed by atoms with Crippen LogP contribution in [0.1, 0.15) is 31.2 Å². The van der Waals surface area contributed by atoms with Crippen molar-refractivity contribution in [2.45, 2.75) is 43.2 Å². The third-order valence-electron chi connectivity index (χ3n) is 6.05. The second-order valence-corrected chi connectivity index (χ2v) is 9.77. The summed E-state index contributed by atoms with van der Waals surface area (Å²) in [7, 11) is -3.47. The molecule has 0 radical (unpaired) electrons. The highest BCUT2D eigenvalue weighted by molar-refractivity contribution is 7.89. The van der Waals surface area contributed by atoms with Gasteiger partial charge in [-0.1, -0.05) is 18.2 Å². The Morgan fingerprint density at radius 3 is 2.39 bits per heavy atom. The van der Waals surface area contributed by atoms with E-state index in [1.54, 1.807) is 30.3 Å². The van der Waals surface area contributed by atoms with E-state index in [1.807, 2.05) is 0 Å². The minimum Gasteiger partial charge on any atom is -0.299 e. The molecule has 0 aromatic heterocycles. The molecule has 7 heteroatoms. The highest BCUT2D eigenvalue weighted by atomic mass is 32.2. The van der Waals surface area contributed by atoms with E-state index in [1.165, 1.54) is 12.1 Å². The molecule has 1 saturated carbocycles. The summed E-state index contributed by atoms with van der Waals surface area (Å²) in [6.07, 6.45) is 3.57. The number of benzene rings is 2. The molecule has 4 rings (SSSR count). The minimum atomic E-state index is -3.47. The minimum absolute atomic E-state index is 0.0302. The maximum absolute atomic E-state index is 13.8. The Morgan fingerprint density at radius 1 is 1.04 bits per heavy atom. The molecular weight excluding hydrogens is 382 g/mol. The number of rotatable bonds is 5. The molecule has 2 aromatic carbocycles. The van der Waals surface area contributed by atoms with Gasteiger partial charge in [0.1, 0.15) is 11.6 Å². The van der Waals surface area contributed by atoms with Crippen LogP contribution in [0.2, 0.25) is 0 Å². The van der Waals surface area contributed by atoms with E-state index in [9.17, 15) is 17.2 Å². The van der Waals surface area contributed by atoms with Crippen molar-refractivity contribution in [3.8, 4) is 0 Å². The van der Waals surface area contributed by atoms with Crippen molar-refractivity contribution in [1.82, 2.24) is 9.62 Å². The molecule has 1 saturated heterocycles. The number of halogens is 2. The van der Waals surface area contributed by atoms with Gasteiger partial charge < -0.3 is 0 Å². The molecule has 0 unspecified atom stereocenters. The smallest absolute Gasteiger partial charge is 0.240 e. The number of hydrogen-bond acceptors (Lipinski definition) is 3. The van der Waals surface area contributed by atoms with Crippen LogP contribution in [0.3, 0.4) is 0 Å². The quantitative estimate of drug-likeness (QED) is 0.824. The van der Waals surface area contributed by atoms with Gasteiger partial charge in [-0.05, 0) is 74.5 Å². The maximum atomic E-state index is 13.8. The number of nitrogens with one attached hydrogen (secondary N) is 1. The van der Waals surface area contributed by atoms with Crippen LogP contribution in [-0.4, -0.2) is 32.4 Å². The van der Waals surface area contributed by atoms with Gasteiger partial charge in [-0.3, -0.25) is 4.90 Å². The maximum Gasteiger partial charge on any atom is 0.240 e. The van der Waals surface area contributed by atoms with Gasteiger partial charge in [0.05, 0.1) is 4.90 Å². The average Bonchev–Trinajstić information content (AvgIpc) is 2.65. The molecule has 1 aliphatic heterocycles. The fraction of sp³-hybridized carbons (Fsp3) is 0.429. The van der Waals surface area contributed by atoms with E-state index in [0.29, 0.717) is 17.0 Å². The molecule has 1 aliphatic carbocycles. The summed E-state index contributed by atoms with van der Waals surface area (Å²) in [6, 6.07) is 12.0. The first kappa shape index (κ1) is 19.5. The number of nitrogens with zero attached hydrogens (tertiary/aromatic N) is 1. The molecular formula is C21H24F2N2O2S. The van der Waals surface area contributed by atoms with E-state index in [0.717, 1.165) is 44.8 Å². The first-order valence-corrected chi connectivity index (χ1v) is 11.1. The molecule has 0 bridgehead atoms. The molecule has 0 amide bonds.